The minimum absolute atomic E-state index is 0.359. The summed E-state index contributed by atoms with van der Waals surface area (Å²) < 4.78 is 0. The van der Waals surface area contributed by atoms with Gasteiger partial charge in [-0.1, -0.05) is 25.5 Å². The molecule has 0 saturated carbocycles. The van der Waals surface area contributed by atoms with Crippen molar-refractivity contribution in [2.75, 3.05) is 6.54 Å². The summed E-state index contributed by atoms with van der Waals surface area (Å²) in [6.45, 7) is 11.5. The van der Waals surface area contributed by atoms with Crippen molar-refractivity contribution in [3.05, 3.63) is 41.7 Å². The lowest BCUT2D eigenvalue weighted by molar-refractivity contribution is 0.485. The first-order valence-corrected chi connectivity index (χ1v) is 7.00. The summed E-state index contributed by atoms with van der Waals surface area (Å²) in [4.78, 5) is 4.59. The molecule has 0 bridgehead atoms. The molecule has 1 aromatic heterocycles. The van der Waals surface area contributed by atoms with Gasteiger partial charge in [-0.3, -0.25) is 4.98 Å². The van der Waals surface area contributed by atoms with Crippen LogP contribution in [0.15, 0.2) is 30.5 Å². The highest BCUT2D eigenvalue weighted by Crippen LogP contribution is 2.22. The van der Waals surface area contributed by atoms with E-state index < -0.39 is 0 Å². The van der Waals surface area contributed by atoms with Gasteiger partial charge in [-0.15, -0.1) is 6.58 Å². The average Bonchev–Trinajstić information content (AvgIpc) is 2.38. The van der Waals surface area contributed by atoms with Crippen LogP contribution in [0.4, 0.5) is 0 Å². The number of allylic oxidation sites excluding steroid dienone is 1. The minimum Gasteiger partial charge on any atom is -0.309 e. The van der Waals surface area contributed by atoms with Crippen molar-refractivity contribution in [3.63, 3.8) is 0 Å². The lowest BCUT2D eigenvalue weighted by Crippen LogP contribution is -2.24. The Labute approximate surface area is 112 Å². The van der Waals surface area contributed by atoms with E-state index in [2.05, 4.69) is 43.7 Å². The van der Waals surface area contributed by atoms with Crippen molar-refractivity contribution in [1.82, 2.24) is 10.3 Å². The van der Waals surface area contributed by atoms with Gasteiger partial charge >= 0.3 is 0 Å². The third kappa shape index (κ3) is 4.61. The number of nitrogens with zero attached hydrogens (tertiary/aromatic N) is 1. The van der Waals surface area contributed by atoms with Crippen LogP contribution in [-0.2, 0) is 6.42 Å². The predicted octanol–water partition coefficient (Wildman–Crippen LogP) is 4.04. The van der Waals surface area contributed by atoms with E-state index in [4.69, 9.17) is 0 Å². The first kappa shape index (κ1) is 14.9. The molecule has 2 nitrogen and oxygen atoms in total. The molecule has 0 aliphatic rings. The Morgan fingerprint density at radius 2 is 2.22 bits per heavy atom. The minimum atomic E-state index is 0.359. The van der Waals surface area contributed by atoms with Gasteiger partial charge in [0.15, 0.2) is 0 Å². The van der Waals surface area contributed by atoms with Crippen LogP contribution in [0.25, 0.3) is 0 Å². The molecule has 1 N–H and O–H groups in total. The first-order chi connectivity index (χ1) is 8.69. The maximum Gasteiger partial charge on any atom is 0.0605 e. The topological polar surface area (TPSA) is 24.9 Å². The SMILES string of the molecule is C=C(C)CCC(NCCC)c1ncccc1CC. The van der Waals surface area contributed by atoms with Crippen LogP contribution in [-0.4, -0.2) is 11.5 Å². The molecule has 0 saturated heterocycles. The van der Waals surface area contributed by atoms with Crippen LogP contribution in [0.1, 0.15) is 57.3 Å². The van der Waals surface area contributed by atoms with E-state index in [1.165, 1.54) is 16.8 Å². The molecular formula is C16H26N2. The maximum absolute atomic E-state index is 4.59. The van der Waals surface area contributed by atoms with Crippen molar-refractivity contribution in [1.29, 1.82) is 0 Å². The van der Waals surface area contributed by atoms with Gasteiger partial charge in [0, 0.05) is 6.20 Å². The van der Waals surface area contributed by atoms with Gasteiger partial charge in [0.25, 0.3) is 0 Å². The molecule has 100 valence electrons. The summed E-state index contributed by atoms with van der Waals surface area (Å²) in [6.07, 6.45) is 6.23. The van der Waals surface area contributed by atoms with Crippen LogP contribution >= 0.6 is 0 Å². The Morgan fingerprint density at radius 1 is 1.44 bits per heavy atom. The van der Waals surface area contributed by atoms with Gasteiger partial charge in [-0.05, 0) is 50.8 Å². The third-order valence-corrected chi connectivity index (χ3v) is 3.14. The summed E-state index contributed by atoms with van der Waals surface area (Å²) >= 11 is 0. The van der Waals surface area contributed by atoms with Crippen molar-refractivity contribution in [2.45, 2.75) is 52.5 Å². The van der Waals surface area contributed by atoms with Crippen LogP contribution in [0.2, 0.25) is 0 Å². The zero-order chi connectivity index (χ0) is 13.4. The van der Waals surface area contributed by atoms with Gasteiger partial charge in [-0.25, -0.2) is 0 Å². The molecule has 1 rings (SSSR count). The molecule has 0 aliphatic heterocycles. The molecule has 0 aromatic carbocycles. The van der Waals surface area contributed by atoms with Crippen molar-refractivity contribution >= 4 is 0 Å². The maximum atomic E-state index is 4.59. The number of pyridine rings is 1. The molecule has 0 amide bonds. The van der Waals surface area contributed by atoms with E-state index in [9.17, 15) is 0 Å². The normalized spacial score (nSPS) is 12.4. The molecule has 18 heavy (non-hydrogen) atoms. The molecule has 0 radical (unpaired) electrons. The van der Waals surface area contributed by atoms with Gasteiger partial charge in [-0.2, -0.15) is 0 Å². The van der Waals surface area contributed by atoms with Gasteiger partial charge < -0.3 is 5.32 Å². The second-order valence-electron chi connectivity index (χ2n) is 4.90. The van der Waals surface area contributed by atoms with E-state index in [0.29, 0.717) is 6.04 Å². The van der Waals surface area contributed by atoms with Crippen LogP contribution < -0.4 is 5.32 Å². The van der Waals surface area contributed by atoms with Crippen molar-refractivity contribution in [2.24, 2.45) is 0 Å². The number of rotatable bonds is 8. The zero-order valence-electron chi connectivity index (χ0n) is 12.0. The molecule has 0 fully saturated rings. The van der Waals surface area contributed by atoms with Gasteiger partial charge in [0.05, 0.1) is 11.7 Å². The van der Waals surface area contributed by atoms with Crippen molar-refractivity contribution < 1.29 is 0 Å². The quantitative estimate of drug-likeness (QED) is 0.700. The molecular weight excluding hydrogens is 220 g/mol. The van der Waals surface area contributed by atoms with E-state index in [0.717, 1.165) is 32.2 Å². The number of aryl methyl sites for hydroxylation is 1. The largest absolute Gasteiger partial charge is 0.309 e. The molecule has 0 spiro atoms. The fourth-order valence-corrected chi connectivity index (χ4v) is 2.11. The summed E-state index contributed by atoms with van der Waals surface area (Å²) in [5, 5.41) is 3.61. The molecule has 1 aromatic rings. The fourth-order valence-electron chi connectivity index (χ4n) is 2.11. The van der Waals surface area contributed by atoms with Crippen LogP contribution in [0, 0.1) is 0 Å². The van der Waals surface area contributed by atoms with Gasteiger partial charge in [0.2, 0.25) is 0 Å². The molecule has 0 aliphatic carbocycles. The predicted molar refractivity (Wildman–Crippen MR) is 78.7 cm³/mol. The zero-order valence-corrected chi connectivity index (χ0v) is 12.0. The van der Waals surface area contributed by atoms with Crippen molar-refractivity contribution in [3.8, 4) is 0 Å². The second kappa shape index (κ2) is 8.04. The van der Waals surface area contributed by atoms with Gasteiger partial charge in [0.1, 0.15) is 0 Å². The molecule has 1 unspecified atom stereocenters. The fraction of sp³-hybridized carbons (Fsp3) is 0.562. The van der Waals surface area contributed by atoms with E-state index in [1.54, 1.807) is 0 Å². The standard InChI is InChI=1S/C16H26N2/c1-5-11-17-15(10-9-13(3)4)16-14(6-2)8-7-12-18-16/h7-8,12,15,17H,3,5-6,9-11H2,1-2,4H3. The smallest absolute Gasteiger partial charge is 0.0605 e. The summed E-state index contributed by atoms with van der Waals surface area (Å²) in [7, 11) is 0. The third-order valence-electron chi connectivity index (χ3n) is 3.14. The highest BCUT2D eigenvalue weighted by molar-refractivity contribution is 5.23. The molecule has 2 heteroatoms. The number of nitrogens with one attached hydrogen (secondary N) is 1. The Kier molecular flexibility index (Phi) is 6.66. The van der Waals surface area contributed by atoms with E-state index in [-0.39, 0.29) is 0 Å². The van der Waals surface area contributed by atoms with E-state index >= 15 is 0 Å². The first-order valence-electron chi connectivity index (χ1n) is 7.00. The highest BCUT2D eigenvalue weighted by Gasteiger charge is 2.14. The van der Waals surface area contributed by atoms with E-state index in [1.807, 2.05) is 12.3 Å². The lowest BCUT2D eigenvalue weighted by Gasteiger charge is -2.20. The molecule has 1 atom stereocenters. The number of hydrogen-bond acceptors (Lipinski definition) is 2. The second-order valence-corrected chi connectivity index (χ2v) is 4.90. The average molecular weight is 246 g/mol. The van der Waals surface area contributed by atoms with Crippen LogP contribution in [0.5, 0.6) is 0 Å². The number of aromatic nitrogens is 1. The Hall–Kier alpha value is -1.15. The summed E-state index contributed by atoms with van der Waals surface area (Å²) in [5.41, 5.74) is 3.81. The molecule has 1 heterocycles. The summed E-state index contributed by atoms with van der Waals surface area (Å²) in [5.74, 6) is 0. The highest BCUT2D eigenvalue weighted by atomic mass is 14.9. The monoisotopic (exact) mass is 246 g/mol. The Morgan fingerprint density at radius 3 is 2.83 bits per heavy atom. The summed E-state index contributed by atoms with van der Waals surface area (Å²) in [6, 6.07) is 4.57. The van der Waals surface area contributed by atoms with Crippen LogP contribution in [0.3, 0.4) is 0 Å². The number of hydrogen-bond donors (Lipinski definition) is 1. The lowest BCUT2D eigenvalue weighted by atomic mass is 9.99. The Bertz CT molecular complexity index is 371. The Balaban J connectivity index is 2.82.